The van der Waals surface area contributed by atoms with Crippen LogP contribution >= 0.6 is 11.6 Å². The third-order valence-corrected chi connectivity index (χ3v) is 8.61. The number of halogens is 1. The molecule has 18 heteroatoms. The third kappa shape index (κ3) is 8.31. The maximum absolute atomic E-state index is 13.7. The van der Waals surface area contributed by atoms with Crippen LogP contribution in [-0.4, -0.2) is 84.0 Å². The number of hydrogen-bond acceptors (Lipinski definition) is 9. The molecule has 1 fully saturated rings. The number of benzene rings is 3. The second-order valence-electron chi connectivity index (χ2n) is 11.9. The molecule has 1 aliphatic heterocycles. The summed E-state index contributed by atoms with van der Waals surface area (Å²) < 4.78 is 1.28. The van der Waals surface area contributed by atoms with Gasteiger partial charge in [0, 0.05) is 47.0 Å². The van der Waals surface area contributed by atoms with E-state index >= 15 is 0 Å². The molecule has 0 saturated carbocycles. The minimum atomic E-state index is -1.24. The first kappa shape index (κ1) is 35.0. The molecule has 0 spiro atoms. The van der Waals surface area contributed by atoms with Gasteiger partial charge in [0.05, 0.1) is 23.1 Å². The number of H-pyrrole nitrogens is 1. The zero-order valence-corrected chi connectivity index (χ0v) is 28.0. The van der Waals surface area contributed by atoms with Crippen molar-refractivity contribution >= 4 is 69.2 Å². The number of carbonyl (C=O) groups excluding carboxylic acids is 3. The lowest BCUT2D eigenvalue weighted by atomic mass is 9.99. The second-order valence-corrected chi connectivity index (χ2v) is 12.3. The third-order valence-electron chi connectivity index (χ3n) is 8.37. The van der Waals surface area contributed by atoms with Crippen molar-refractivity contribution in [3.8, 4) is 11.8 Å². The molecular formula is C34H31ClN12O5. The van der Waals surface area contributed by atoms with Crippen molar-refractivity contribution < 1.29 is 24.3 Å². The van der Waals surface area contributed by atoms with Crippen molar-refractivity contribution in [1.29, 1.82) is 5.26 Å². The van der Waals surface area contributed by atoms with Crippen LogP contribution in [0.4, 0.5) is 17.1 Å². The number of aromatic nitrogens is 5. The number of hydrogen-bond donors (Lipinski definition) is 6. The Morgan fingerprint density at radius 3 is 2.50 bits per heavy atom. The molecule has 264 valence electrons. The van der Waals surface area contributed by atoms with Crippen LogP contribution in [0.15, 0.2) is 78.0 Å². The number of anilines is 2. The van der Waals surface area contributed by atoms with E-state index in [1.54, 1.807) is 54.6 Å². The SMILES string of the molecule is N#CC1CCN(C(N)=Nc2ccc(C[C@H](NC(=O)C(=O)Nc3cc(Cl)ccc3-n3cnnn3)C(=O)Nc3ccc4[nH]c(C(=O)O)cc4c3)cc2)CC1. The number of guanidine groups is 1. The normalized spacial score (nSPS) is 14.0. The van der Waals surface area contributed by atoms with E-state index in [0.29, 0.717) is 65.4 Å². The molecule has 3 amide bonds. The lowest BCUT2D eigenvalue weighted by Crippen LogP contribution is -2.49. The lowest BCUT2D eigenvalue weighted by molar-refractivity contribution is -0.137. The molecule has 17 nitrogen and oxygen atoms in total. The van der Waals surface area contributed by atoms with Gasteiger partial charge in [-0.1, -0.05) is 23.7 Å². The van der Waals surface area contributed by atoms with Gasteiger partial charge in [-0.05, 0) is 83.4 Å². The Labute approximate surface area is 300 Å². The molecule has 2 aromatic heterocycles. The molecule has 0 aliphatic carbocycles. The van der Waals surface area contributed by atoms with Crippen LogP contribution in [0.1, 0.15) is 28.9 Å². The quantitative estimate of drug-likeness (QED) is 0.0733. The fraction of sp³-hybridized carbons (Fsp3) is 0.206. The average Bonchev–Trinajstić information content (AvgIpc) is 3.83. The van der Waals surface area contributed by atoms with E-state index in [0.717, 1.165) is 0 Å². The summed E-state index contributed by atoms with van der Waals surface area (Å²) in [6, 6.07) is 18.7. The topological polar surface area (TPSA) is 249 Å². The van der Waals surface area contributed by atoms with Gasteiger partial charge in [-0.25, -0.2) is 9.79 Å². The molecule has 3 aromatic carbocycles. The summed E-state index contributed by atoms with van der Waals surface area (Å²) >= 11 is 6.15. The van der Waals surface area contributed by atoms with E-state index in [4.69, 9.17) is 22.6 Å². The zero-order valence-electron chi connectivity index (χ0n) is 27.3. The monoisotopic (exact) mass is 722 g/mol. The summed E-state index contributed by atoms with van der Waals surface area (Å²) in [5, 5.41) is 38.1. The minimum Gasteiger partial charge on any atom is -0.477 e. The Morgan fingerprint density at radius 1 is 1.04 bits per heavy atom. The molecule has 52 heavy (non-hydrogen) atoms. The number of likely N-dealkylation sites (tertiary alicyclic amines) is 1. The molecule has 5 aromatic rings. The second kappa shape index (κ2) is 15.4. The molecule has 0 radical (unpaired) electrons. The number of piperidine rings is 1. The van der Waals surface area contributed by atoms with Crippen molar-refractivity contribution in [2.24, 2.45) is 16.6 Å². The number of rotatable bonds is 9. The van der Waals surface area contributed by atoms with Crippen molar-refractivity contribution in [3.05, 3.63) is 89.3 Å². The Morgan fingerprint density at radius 2 is 1.81 bits per heavy atom. The van der Waals surface area contributed by atoms with Gasteiger partial charge in [-0.15, -0.1) is 5.10 Å². The molecule has 1 saturated heterocycles. The van der Waals surface area contributed by atoms with Crippen LogP contribution in [0.25, 0.3) is 16.6 Å². The van der Waals surface area contributed by atoms with Gasteiger partial charge < -0.3 is 36.7 Å². The molecule has 3 heterocycles. The summed E-state index contributed by atoms with van der Waals surface area (Å²) in [5.74, 6) is -3.62. The first-order valence-electron chi connectivity index (χ1n) is 16.0. The maximum atomic E-state index is 13.7. The van der Waals surface area contributed by atoms with Gasteiger partial charge in [0.25, 0.3) is 0 Å². The van der Waals surface area contributed by atoms with E-state index < -0.39 is 29.7 Å². The van der Waals surface area contributed by atoms with Crippen molar-refractivity contribution in [1.82, 2.24) is 35.4 Å². The van der Waals surface area contributed by atoms with E-state index in [-0.39, 0.29) is 28.7 Å². The van der Waals surface area contributed by atoms with Crippen LogP contribution in [0.5, 0.6) is 0 Å². The molecular weight excluding hydrogens is 692 g/mol. The zero-order chi connectivity index (χ0) is 36.8. The highest BCUT2D eigenvalue weighted by atomic mass is 35.5. The Kier molecular flexibility index (Phi) is 10.4. The predicted octanol–water partition coefficient (Wildman–Crippen LogP) is 2.98. The summed E-state index contributed by atoms with van der Waals surface area (Å²) in [5.41, 5.74) is 8.79. The number of tetrazole rings is 1. The highest BCUT2D eigenvalue weighted by Crippen LogP contribution is 2.25. The number of aliphatic imine (C=N–C) groups is 1. The fourth-order valence-electron chi connectivity index (χ4n) is 5.63. The summed E-state index contributed by atoms with van der Waals surface area (Å²) in [7, 11) is 0. The van der Waals surface area contributed by atoms with E-state index in [9.17, 15) is 24.3 Å². The van der Waals surface area contributed by atoms with Crippen LogP contribution in [0.2, 0.25) is 5.02 Å². The van der Waals surface area contributed by atoms with Crippen molar-refractivity contribution in [2.45, 2.75) is 25.3 Å². The number of carboxylic acid groups (broad SMARTS) is 1. The number of aromatic carboxylic acids is 1. The Hall–Kier alpha value is -6.80. The molecule has 7 N–H and O–H groups in total. The number of nitriles is 1. The van der Waals surface area contributed by atoms with Crippen LogP contribution in [0.3, 0.4) is 0 Å². The van der Waals surface area contributed by atoms with Gasteiger partial charge in [0.15, 0.2) is 5.96 Å². The number of nitrogens with one attached hydrogen (secondary N) is 4. The smallest absolute Gasteiger partial charge is 0.352 e. The van der Waals surface area contributed by atoms with Gasteiger partial charge in [0.2, 0.25) is 5.91 Å². The predicted molar refractivity (Wildman–Crippen MR) is 190 cm³/mol. The number of carboxylic acids is 1. The number of amides is 3. The van der Waals surface area contributed by atoms with E-state index in [2.05, 4.69) is 47.5 Å². The summed E-state index contributed by atoms with van der Waals surface area (Å²) in [4.78, 5) is 60.8. The number of fused-ring (bicyclic) bond motifs is 1. The van der Waals surface area contributed by atoms with Gasteiger partial charge in [0.1, 0.15) is 18.1 Å². The standard InChI is InChI=1S/C34H31ClN12O5/c35-22-3-8-29(47-18-38-44-45-47)26(16-22)42-31(49)32(50)43-27(30(48)39-24-6-7-25-21(14-24)15-28(41-25)33(51)52)13-19-1-4-23(5-2-19)40-34(37)46-11-9-20(17-36)10-12-46/h1-8,14-16,18,20,27,41H,9-13H2,(H2,37,40)(H,39,48)(H,42,49)(H,43,50)(H,51,52)/t27-/m0/s1. The summed E-state index contributed by atoms with van der Waals surface area (Å²) in [6.45, 7) is 1.26. The molecule has 1 atom stereocenters. The molecule has 1 aliphatic rings. The van der Waals surface area contributed by atoms with E-state index in [1.165, 1.54) is 23.1 Å². The maximum Gasteiger partial charge on any atom is 0.352 e. The van der Waals surface area contributed by atoms with Crippen LogP contribution in [0, 0.1) is 17.2 Å². The molecule has 0 unspecified atom stereocenters. The molecule has 6 rings (SSSR count). The highest BCUT2D eigenvalue weighted by Gasteiger charge is 2.26. The van der Waals surface area contributed by atoms with Crippen LogP contribution in [-0.2, 0) is 20.8 Å². The first-order valence-corrected chi connectivity index (χ1v) is 16.3. The van der Waals surface area contributed by atoms with Crippen molar-refractivity contribution in [2.75, 3.05) is 23.7 Å². The lowest BCUT2D eigenvalue weighted by Gasteiger charge is -2.29. The van der Waals surface area contributed by atoms with Crippen LogP contribution < -0.4 is 21.7 Å². The van der Waals surface area contributed by atoms with Gasteiger partial charge >= 0.3 is 17.8 Å². The Bertz CT molecular complexity index is 2200. The summed E-state index contributed by atoms with van der Waals surface area (Å²) in [6.07, 6.45) is 2.70. The Balaban J connectivity index is 1.20. The minimum absolute atomic E-state index is 0.00728. The highest BCUT2D eigenvalue weighted by molar-refractivity contribution is 6.40. The fourth-order valence-corrected chi connectivity index (χ4v) is 5.80. The van der Waals surface area contributed by atoms with Gasteiger partial charge in [-0.2, -0.15) is 9.94 Å². The van der Waals surface area contributed by atoms with E-state index in [1.807, 2.05) is 4.90 Å². The molecule has 0 bridgehead atoms. The average molecular weight is 723 g/mol. The number of nitrogens with two attached hydrogens (primary N) is 1. The number of aromatic amines is 1. The number of carbonyl (C=O) groups is 4. The van der Waals surface area contributed by atoms with Crippen molar-refractivity contribution in [3.63, 3.8) is 0 Å². The first-order chi connectivity index (χ1) is 25.1. The number of nitrogens with zero attached hydrogens (tertiary/aromatic N) is 7. The van der Waals surface area contributed by atoms with Gasteiger partial charge in [-0.3, -0.25) is 14.4 Å². The largest absolute Gasteiger partial charge is 0.477 e.